The molecule has 0 aliphatic carbocycles. The summed E-state index contributed by atoms with van der Waals surface area (Å²) in [6.45, 7) is 0.777. The lowest BCUT2D eigenvalue weighted by Crippen LogP contribution is -2.23. The third-order valence-corrected chi connectivity index (χ3v) is 6.13. The number of hydrogen-bond donors (Lipinski definition) is 1. The highest BCUT2D eigenvalue weighted by atomic mass is 79.9. The summed E-state index contributed by atoms with van der Waals surface area (Å²) in [7, 11) is -2.56. The molecule has 146 valence electrons. The molecule has 3 rings (SSSR count). The van der Waals surface area contributed by atoms with Crippen molar-refractivity contribution in [1.82, 2.24) is 14.3 Å². The van der Waals surface area contributed by atoms with Gasteiger partial charge in [0.2, 0.25) is 10.0 Å². The summed E-state index contributed by atoms with van der Waals surface area (Å²) in [6, 6.07) is 11.8. The Morgan fingerprint density at radius 3 is 2.71 bits per heavy atom. The van der Waals surface area contributed by atoms with E-state index < -0.39 is 16.0 Å². The van der Waals surface area contributed by atoms with Crippen molar-refractivity contribution < 1.29 is 17.9 Å². The van der Waals surface area contributed by atoms with Gasteiger partial charge in [-0.3, -0.25) is 0 Å². The van der Waals surface area contributed by atoms with E-state index in [0.717, 1.165) is 11.1 Å². The Kier molecular flexibility index (Phi) is 6.28. The molecule has 0 atom stereocenters. The molecule has 0 saturated heterocycles. The highest BCUT2D eigenvalue weighted by Gasteiger charge is 2.19. The molecule has 0 unspecified atom stereocenters. The lowest BCUT2D eigenvalue weighted by molar-refractivity contribution is 0.0599. The Morgan fingerprint density at radius 2 is 2.00 bits per heavy atom. The van der Waals surface area contributed by atoms with Crippen molar-refractivity contribution in [2.45, 2.75) is 18.0 Å². The number of sulfonamides is 1. The summed E-state index contributed by atoms with van der Waals surface area (Å²) in [6.07, 6.45) is 5.29. The molecular formula is C19H18BrN3O4S. The number of esters is 1. The van der Waals surface area contributed by atoms with Crippen molar-refractivity contribution in [1.29, 1.82) is 0 Å². The summed E-state index contributed by atoms with van der Waals surface area (Å²) in [4.78, 5) is 15.8. The third kappa shape index (κ3) is 4.86. The Balaban J connectivity index is 1.74. The summed E-state index contributed by atoms with van der Waals surface area (Å²) in [5.41, 5.74) is 2.01. The molecule has 0 radical (unpaired) electrons. The van der Waals surface area contributed by atoms with Gasteiger partial charge in [-0.15, -0.1) is 0 Å². The molecule has 0 saturated carbocycles. The first-order valence-electron chi connectivity index (χ1n) is 8.30. The average Bonchev–Trinajstić information content (AvgIpc) is 3.19. The fourth-order valence-corrected chi connectivity index (χ4v) is 4.08. The minimum absolute atomic E-state index is 0.00864. The van der Waals surface area contributed by atoms with Crippen LogP contribution in [-0.4, -0.2) is 31.0 Å². The summed E-state index contributed by atoms with van der Waals surface area (Å²) in [5, 5.41) is 0. The van der Waals surface area contributed by atoms with Gasteiger partial charge in [-0.1, -0.05) is 24.3 Å². The number of imidazole rings is 1. The molecule has 9 heteroatoms. The smallest absolute Gasteiger partial charge is 0.339 e. The van der Waals surface area contributed by atoms with E-state index in [1.165, 1.54) is 25.3 Å². The Bertz CT molecular complexity index is 1080. The van der Waals surface area contributed by atoms with Crippen molar-refractivity contribution in [3.05, 3.63) is 82.3 Å². The maximum absolute atomic E-state index is 12.6. The van der Waals surface area contributed by atoms with E-state index in [9.17, 15) is 13.2 Å². The van der Waals surface area contributed by atoms with Gasteiger partial charge in [-0.25, -0.2) is 22.9 Å². The van der Waals surface area contributed by atoms with Crippen molar-refractivity contribution >= 4 is 31.9 Å². The maximum Gasteiger partial charge on any atom is 0.339 e. The van der Waals surface area contributed by atoms with E-state index in [1.807, 2.05) is 35.0 Å². The third-order valence-electron chi connectivity index (χ3n) is 4.04. The minimum Gasteiger partial charge on any atom is -0.465 e. The lowest BCUT2D eigenvalue weighted by atomic mass is 10.1. The first-order valence-corrected chi connectivity index (χ1v) is 10.6. The van der Waals surface area contributed by atoms with Gasteiger partial charge in [0.15, 0.2) is 0 Å². The van der Waals surface area contributed by atoms with Gasteiger partial charge in [0, 0.05) is 30.0 Å². The molecule has 0 bridgehead atoms. The van der Waals surface area contributed by atoms with Crippen LogP contribution in [0.15, 0.2) is 70.6 Å². The molecule has 28 heavy (non-hydrogen) atoms. The zero-order chi connectivity index (χ0) is 20.1. The molecule has 0 amide bonds. The maximum atomic E-state index is 12.6. The molecule has 2 aromatic carbocycles. The number of nitrogens with zero attached hydrogens (tertiary/aromatic N) is 2. The van der Waals surface area contributed by atoms with Crippen LogP contribution < -0.4 is 4.72 Å². The van der Waals surface area contributed by atoms with Crippen molar-refractivity contribution in [3.8, 4) is 0 Å². The summed E-state index contributed by atoms with van der Waals surface area (Å²) >= 11 is 3.22. The second kappa shape index (κ2) is 8.68. The van der Waals surface area contributed by atoms with Crippen LogP contribution >= 0.6 is 15.9 Å². The molecule has 1 heterocycles. The van der Waals surface area contributed by atoms with Crippen LogP contribution in [0.2, 0.25) is 0 Å². The van der Waals surface area contributed by atoms with Crippen molar-refractivity contribution in [2.24, 2.45) is 0 Å². The number of carbonyl (C=O) groups is 1. The van der Waals surface area contributed by atoms with Crippen LogP contribution in [0.3, 0.4) is 0 Å². The highest BCUT2D eigenvalue weighted by molar-refractivity contribution is 9.10. The second-order valence-corrected chi connectivity index (χ2v) is 8.63. The van der Waals surface area contributed by atoms with E-state index >= 15 is 0 Å². The molecule has 1 N–H and O–H groups in total. The largest absolute Gasteiger partial charge is 0.465 e. The number of halogens is 1. The molecule has 0 aliphatic rings. The SMILES string of the molecule is COC(=O)c1cc(S(=O)(=O)NCc2cccc(Cn3ccnc3)c2)ccc1Br. The van der Waals surface area contributed by atoms with Gasteiger partial charge in [-0.2, -0.15) is 0 Å². The standard InChI is InChI=1S/C19H18BrN3O4S/c1-27-19(24)17-10-16(5-6-18(17)20)28(25,26)22-11-14-3-2-4-15(9-14)12-23-8-7-21-13-23/h2-10,13,22H,11-12H2,1H3. The van der Waals surface area contributed by atoms with Crippen molar-refractivity contribution in [2.75, 3.05) is 7.11 Å². The first-order chi connectivity index (χ1) is 13.4. The number of ether oxygens (including phenoxy) is 1. The van der Waals surface area contributed by atoms with E-state index in [0.29, 0.717) is 11.0 Å². The van der Waals surface area contributed by atoms with Crippen LogP contribution in [0.1, 0.15) is 21.5 Å². The molecule has 0 spiro atoms. The van der Waals surface area contributed by atoms with E-state index in [2.05, 4.69) is 30.4 Å². The predicted octanol–water partition coefficient (Wildman–Crippen LogP) is 2.96. The monoisotopic (exact) mass is 463 g/mol. The van der Waals surface area contributed by atoms with E-state index in [4.69, 9.17) is 0 Å². The van der Waals surface area contributed by atoms with Gasteiger partial charge in [0.05, 0.1) is 23.9 Å². The Labute approximate surface area is 171 Å². The Hall–Kier alpha value is -2.49. The molecule has 3 aromatic rings. The number of rotatable bonds is 7. The predicted molar refractivity (Wildman–Crippen MR) is 107 cm³/mol. The molecule has 0 fully saturated rings. The van der Waals surface area contributed by atoms with Gasteiger partial charge in [0.25, 0.3) is 0 Å². The van der Waals surface area contributed by atoms with Crippen LogP contribution in [0.25, 0.3) is 0 Å². The fourth-order valence-electron chi connectivity index (χ4n) is 2.63. The Morgan fingerprint density at radius 1 is 1.21 bits per heavy atom. The lowest BCUT2D eigenvalue weighted by Gasteiger charge is -2.10. The topological polar surface area (TPSA) is 90.3 Å². The number of hydrogen-bond acceptors (Lipinski definition) is 5. The number of nitrogens with one attached hydrogen (secondary N) is 1. The van der Waals surface area contributed by atoms with E-state index in [-0.39, 0.29) is 17.0 Å². The average molecular weight is 464 g/mol. The summed E-state index contributed by atoms with van der Waals surface area (Å²) in [5.74, 6) is -0.615. The number of methoxy groups -OCH3 is 1. The van der Waals surface area contributed by atoms with E-state index in [1.54, 1.807) is 12.5 Å². The molecular weight excluding hydrogens is 446 g/mol. The summed E-state index contributed by atoms with van der Waals surface area (Å²) < 4.78 is 34.9. The van der Waals surface area contributed by atoms with Gasteiger partial charge in [-0.05, 0) is 45.3 Å². The number of aromatic nitrogens is 2. The van der Waals surface area contributed by atoms with Crippen LogP contribution in [0.5, 0.6) is 0 Å². The zero-order valence-corrected chi connectivity index (χ0v) is 17.4. The normalized spacial score (nSPS) is 11.4. The van der Waals surface area contributed by atoms with Gasteiger partial charge < -0.3 is 9.30 Å². The quantitative estimate of drug-likeness (QED) is 0.543. The van der Waals surface area contributed by atoms with Crippen molar-refractivity contribution in [3.63, 3.8) is 0 Å². The zero-order valence-electron chi connectivity index (χ0n) is 15.0. The molecule has 1 aromatic heterocycles. The minimum atomic E-state index is -3.80. The van der Waals surface area contributed by atoms with Crippen LogP contribution in [0.4, 0.5) is 0 Å². The molecule has 7 nitrogen and oxygen atoms in total. The first kappa shape index (κ1) is 20.2. The number of benzene rings is 2. The fraction of sp³-hybridized carbons (Fsp3) is 0.158. The second-order valence-electron chi connectivity index (χ2n) is 6.01. The van der Waals surface area contributed by atoms with Gasteiger partial charge in [0.1, 0.15) is 0 Å². The molecule has 0 aliphatic heterocycles. The van der Waals surface area contributed by atoms with Gasteiger partial charge >= 0.3 is 5.97 Å². The highest BCUT2D eigenvalue weighted by Crippen LogP contribution is 2.22. The number of carbonyl (C=O) groups excluding carboxylic acids is 1. The van der Waals surface area contributed by atoms with Crippen LogP contribution in [0, 0.1) is 0 Å². The van der Waals surface area contributed by atoms with Crippen LogP contribution in [-0.2, 0) is 27.8 Å².